The van der Waals surface area contributed by atoms with Gasteiger partial charge < -0.3 is 14.4 Å². The molecule has 0 atom stereocenters. The van der Waals surface area contributed by atoms with Crippen LogP contribution in [-0.4, -0.2) is 38.4 Å². The fourth-order valence-corrected chi connectivity index (χ4v) is 3.44. The number of hydrogen-bond acceptors (Lipinski definition) is 7. The van der Waals surface area contributed by atoms with Gasteiger partial charge in [0, 0.05) is 0 Å². The molecular weight excluding hydrogens is 497 g/mol. The summed E-state index contributed by atoms with van der Waals surface area (Å²) in [6, 6.07) is 38.7. The summed E-state index contributed by atoms with van der Waals surface area (Å²) in [6.45, 7) is 0.632. The molecule has 0 spiro atoms. The molecule has 10 heteroatoms. The summed E-state index contributed by atoms with van der Waals surface area (Å²) < 4.78 is 31.0. The van der Waals surface area contributed by atoms with Crippen molar-refractivity contribution in [3.05, 3.63) is 121 Å². The molecule has 0 aliphatic rings. The van der Waals surface area contributed by atoms with Crippen LogP contribution in [0.5, 0.6) is 23.0 Å². The van der Waals surface area contributed by atoms with E-state index in [2.05, 4.69) is 0 Å². The van der Waals surface area contributed by atoms with Gasteiger partial charge in [0.25, 0.3) is 0 Å². The Bertz CT molecular complexity index is 931. The topological polar surface area (TPSA) is 100 Å². The molecule has 0 saturated heterocycles. The molecule has 4 rings (SSSR count). The van der Waals surface area contributed by atoms with E-state index in [-0.39, 0.29) is 0 Å². The van der Waals surface area contributed by atoms with Crippen LogP contribution in [-0.2, 0) is 4.57 Å². The molecule has 0 N–H and O–H groups in total. The molecule has 0 radical (unpaired) electrons. The van der Waals surface area contributed by atoms with Crippen LogP contribution < -0.4 is 24.9 Å². The van der Waals surface area contributed by atoms with Crippen LogP contribution in [0.2, 0.25) is 0 Å². The summed E-state index contributed by atoms with van der Waals surface area (Å²) in [4.78, 5) is 18.2. The van der Waals surface area contributed by atoms with E-state index >= 15 is 0 Å². The second kappa shape index (κ2) is 16.8. The number of hydrogen-bond donors (Lipinski definition) is 0. The van der Waals surface area contributed by atoms with Gasteiger partial charge in [0.1, 0.15) is 0 Å². The Hall–Kier alpha value is -2.71. The van der Waals surface area contributed by atoms with Crippen LogP contribution in [0.25, 0.3) is 0 Å². The Kier molecular flexibility index (Phi) is 13.7. The maximum absolute atomic E-state index is 9.10. The average Bonchev–Trinajstić information content (AvgIpc) is 2.86. The normalized spacial score (nSPS) is 9.46. The fourth-order valence-electron chi connectivity index (χ4n) is 2.27. The van der Waals surface area contributed by atoms with Crippen molar-refractivity contribution in [3.8, 4) is 23.0 Å². The van der Waals surface area contributed by atoms with Gasteiger partial charge in [-0.3, -0.25) is 0 Å². The Morgan fingerprint density at radius 1 is 0.486 bits per heavy atom. The summed E-state index contributed by atoms with van der Waals surface area (Å²) in [5.41, 5.74) is 0. The second-order valence-electron chi connectivity index (χ2n) is 6.69. The van der Waals surface area contributed by atoms with Gasteiger partial charge in [-0.25, -0.2) is 0 Å². The molecule has 0 saturated carbocycles. The summed E-state index contributed by atoms with van der Waals surface area (Å²) in [7, 11) is -4.14. The first kappa shape index (κ1) is 28.5. The Morgan fingerprint density at radius 2 is 0.657 bits per heavy atom. The first-order chi connectivity index (χ1) is 16.9. The van der Waals surface area contributed by atoms with Crippen LogP contribution in [0.4, 0.5) is 0 Å². The van der Waals surface area contributed by atoms with Crippen molar-refractivity contribution in [1.29, 1.82) is 0 Å². The molecule has 0 aliphatic heterocycles. The minimum absolute atomic E-state index is 0.499. The van der Waals surface area contributed by atoms with Crippen LogP contribution in [0.15, 0.2) is 121 Å². The van der Waals surface area contributed by atoms with E-state index in [1.54, 1.807) is 0 Å². The zero-order valence-corrected chi connectivity index (χ0v) is 22.2. The van der Waals surface area contributed by atoms with E-state index in [0.717, 1.165) is 23.0 Å². The summed E-state index contributed by atoms with van der Waals surface area (Å²) >= 11 is -0.998. The van der Waals surface area contributed by atoms with E-state index < -0.39 is 39.4 Å². The molecule has 4 aromatic rings. The first-order valence-corrected chi connectivity index (χ1v) is 14.3. The molecule has 0 heterocycles. The molecule has 4 aromatic carbocycles. The molecule has 0 amide bonds. The van der Waals surface area contributed by atoms with Crippen LogP contribution in [0.1, 0.15) is 0 Å². The average molecular weight is 520 g/mol. The third-order valence-corrected chi connectivity index (χ3v) is 5.18. The summed E-state index contributed by atoms with van der Waals surface area (Å²) in [5.74, 6) is 3.40. The minimum atomic E-state index is -4.14. The van der Waals surface area contributed by atoms with Gasteiger partial charge in [0.2, 0.25) is 0 Å². The van der Waals surface area contributed by atoms with Gasteiger partial charge in [0.15, 0.2) is 0 Å². The SMILES string of the molecule is CP(=O)([O-])[O-].c1ccc([O][Al+][O]c2ccccc2)cc1.c1ccc([O][Al+][O]c2ccccc2)cc1. The first-order valence-electron chi connectivity index (χ1n) is 10.4. The molecular formula is C25H23Al2O7P. The van der Waals surface area contributed by atoms with Crippen molar-refractivity contribution in [1.82, 2.24) is 0 Å². The van der Waals surface area contributed by atoms with Gasteiger partial charge in [-0.2, -0.15) is 0 Å². The third kappa shape index (κ3) is 15.7. The van der Waals surface area contributed by atoms with Crippen molar-refractivity contribution in [2.24, 2.45) is 0 Å². The molecule has 0 unspecified atom stereocenters. The Morgan fingerprint density at radius 3 is 0.829 bits per heavy atom. The van der Waals surface area contributed by atoms with E-state index in [1.165, 1.54) is 0 Å². The van der Waals surface area contributed by atoms with Crippen LogP contribution in [0, 0.1) is 0 Å². The molecule has 35 heavy (non-hydrogen) atoms. The van der Waals surface area contributed by atoms with E-state index in [9.17, 15) is 0 Å². The van der Waals surface area contributed by atoms with Crippen molar-refractivity contribution in [2.75, 3.05) is 6.66 Å². The zero-order chi connectivity index (χ0) is 25.2. The number of para-hydroxylation sites is 4. The van der Waals surface area contributed by atoms with Gasteiger partial charge >= 0.3 is 191 Å². The van der Waals surface area contributed by atoms with Crippen molar-refractivity contribution < 1.29 is 29.5 Å². The predicted octanol–water partition coefficient (Wildman–Crippen LogP) is 3.89. The van der Waals surface area contributed by atoms with Gasteiger partial charge in [-0.1, -0.05) is 7.60 Å². The van der Waals surface area contributed by atoms with Crippen molar-refractivity contribution in [3.63, 3.8) is 0 Å². The van der Waals surface area contributed by atoms with E-state index in [0.29, 0.717) is 6.66 Å². The molecule has 0 bridgehead atoms. The van der Waals surface area contributed by atoms with E-state index in [1.807, 2.05) is 121 Å². The van der Waals surface area contributed by atoms with Gasteiger partial charge in [-0.05, 0) is 6.66 Å². The van der Waals surface area contributed by atoms with Gasteiger partial charge in [0.05, 0.1) is 0 Å². The van der Waals surface area contributed by atoms with Crippen LogP contribution in [0.3, 0.4) is 0 Å². The summed E-state index contributed by atoms with van der Waals surface area (Å²) in [5, 5.41) is 0. The Balaban J connectivity index is 0.000000208. The van der Waals surface area contributed by atoms with Gasteiger partial charge in [-0.15, -0.1) is 0 Å². The Labute approximate surface area is 219 Å². The van der Waals surface area contributed by atoms with Crippen molar-refractivity contribution in [2.45, 2.75) is 0 Å². The molecule has 176 valence electrons. The second-order valence-corrected chi connectivity index (χ2v) is 9.56. The maximum atomic E-state index is 9.10. The van der Waals surface area contributed by atoms with Crippen molar-refractivity contribution >= 4 is 39.4 Å². The zero-order valence-electron chi connectivity index (χ0n) is 19.0. The molecule has 0 fully saturated rings. The fraction of sp³-hybridized carbons (Fsp3) is 0.0400. The molecule has 7 nitrogen and oxygen atoms in total. The predicted molar refractivity (Wildman–Crippen MR) is 133 cm³/mol. The third-order valence-electron chi connectivity index (χ3n) is 3.71. The quantitative estimate of drug-likeness (QED) is 0.257. The monoisotopic (exact) mass is 520 g/mol. The van der Waals surface area contributed by atoms with E-state index in [4.69, 9.17) is 29.5 Å². The number of benzene rings is 4. The number of rotatable bonds is 8. The standard InChI is InChI=1S/4C6H6O.CH5O3P.2Al/c4*7-6-4-2-1-3-5-6;1-5(2,3)4;;/h4*1-5,7H;1H3,(H2,2,3,4);;/q;;;;;2*+3/p-6. The summed E-state index contributed by atoms with van der Waals surface area (Å²) in [6.07, 6.45) is 0. The molecule has 0 aliphatic carbocycles. The molecule has 0 aromatic heterocycles. The van der Waals surface area contributed by atoms with Crippen LogP contribution >= 0.6 is 7.60 Å².